The normalized spacial score (nSPS) is 24.2. The summed E-state index contributed by atoms with van der Waals surface area (Å²) in [6, 6.07) is 0. The lowest BCUT2D eigenvalue weighted by Crippen LogP contribution is -2.43. The smallest absolute Gasteiger partial charge is 0.185 e. The van der Waals surface area contributed by atoms with Crippen LogP contribution >= 0.6 is 0 Å². The van der Waals surface area contributed by atoms with Gasteiger partial charge in [0.25, 0.3) is 0 Å². The van der Waals surface area contributed by atoms with Crippen molar-refractivity contribution in [3.05, 3.63) is 35.5 Å². The van der Waals surface area contributed by atoms with E-state index in [1.165, 1.54) is 0 Å². The summed E-state index contributed by atoms with van der Waals surface area (Å²) in [7, 11) is 0. The quantitative estimate of drug-likeness (QED) is 0.465. The summed E-state index contributed by atoms with van der Waals surface area (Å²) >= 11 is 0. The lowest BCUT2D eigenvalue weighted by Gasteiger charge is -2.43. The highest BCUT2D eigenvalue weighted by Crippen LogP contribution is 2.47. The van der Waals surface area contributed by atoms with Gasteiger partial charge in [-0.25, -0.2) is 4.89 Å². The van der Waals surface area contributed by atoms with Crippen molar-refractivity contribution in [3.63, 3.8) is 0 Å². The highest BCUT2D eigenvalue weighted by atomic mass is 17.1. The van der Waals surface area contributed by atoms with Crippen molar-refractivity contribution in [1.82, 2.24) is 0 Å². The Labute approximate surface area is 128 Å². The van der Waals surface area contributed by atoms with Crippen LogP contribution in [-0.4, -0.2) is 16.6 Å². The molecule has 3 nitrogen and oxygen atoms in total. The van der Waals surface area contributed by atoms with Gasteiger partial charge in [-0.1, -0.05) is 47.6 Å². The van der Waals surface area contributed by atoms with Crippen LogP contribution in [0.4, 0.5) is 0 Å². The molecule has 0 amide bonds. The fourth-order valence-corrected chi connectivity index (χ4v) is 3.24. The van der Waals surface area contributed by atoms with Crippen molar-refractivity contribution in [1.29, 1.82) is 0 Å². The number of rotatable bonds is 3. The number of hydrogen-bond donors (Lipinski definition) is 1. The van der Waals surface area contributed by atoms with Crippen molar-refractivity contribution < 1.29 is 14.9 Å². The van der Waals surface area contributed by atoms with Gasteiger partial charge in [0, 0.05) is 12.0 Å². The van der Waals surface area contributed by atoms with Crippen molar-refractivity contribution >= 4 is 5.78 Å². The van der Waals surface area contributed by atoms with E-state index >= 15 is 0 Å². The largest absolute Gasteiger partial charge is 0.289 e. The van der Waals surface area contributed by atoms with Crippen LogP contribution in [0.5, 0.6) is 0 Å². The van der Waals surface area contributed by atoms with Gasteiger partial charge in [-0.15, -0.1) is 6.58 Å². The SMILES string of the molecule is C=CCC1(OO)C=C(C(C)(C)C)C(=O)C(C)=C1C(C)(C)C. The van der Waals surface area contributed by atoms with Crippen molar-refractivity contribution in [2.75, 3.05) is 0 Å². The minimum absolute atomic E-state index is 0.0316. The highest BCUT2D eigenvalue weighted by molar-refractivity contribution is 6.10. The van der Waals surface area contributed by atoms with E-state index in [-0.39, 0.29) is 16.6 Å². The van der Waals surface area contributed by atoms with E-state index in [4.69, 9.17) is 4.89 Å². The maximum atomic E-state index is 12.7. The molecular formula is C18H28O3. The molecule has 0 saturated heterocycles. The molecule has 0 heterocycles. The van der Waals surface area contributed by atoms with Gasteiger partial charge in [0.15, 0.2) is 5.78 Å². The van der Waals surface area contributed by atoms with Crippen LogP contribution in [0.2, 0.25) is 0 Å². The first kappa shape index (κ1) is 17.9. The third-order valence-corrected chi connectivity index (χ3v) is 3.93. The van der Waals surface area contributed by atoms with Gasteiger partial charge < -0.3 is 0 Å². The maximum Gasteiger partial charge on any atom is 0.185 e. The van der Waals surface area contributed by atoms with Crippen LogP contribution in [0.3, 0.4) is 0 Å². The Morgan fingerprint density at radius 1 is 1.24 bits per heavy atom. The number of carbonyl (C=O) groups excluding carboxylic acids is 1. The maximum absolute atomic E-state index is 12.7. The second kappa shape index (κ2) is 5.54. The zero-order valence-corrected chi connectivity index (χ0v) is 14.3. The standard InChI is InChI=1S/C18H28O3/c1-9-10-18(21-20)11-13(16(3,4)5)14(19)12(2)15(18)17(6,7)8/h9,11,20H,1,10H2,2-8H3. The Morgan fingerprint density at radius 3 is 2.10 bits per heavy atom. The molecule has 0 aromatic rings. The summed E-state index contributed by atoms with van der Waals surface area (Å²) in [6.07, 6.45) is 3.91. The second-order valence-electron chi connectivity index (χ2n) is 7.86. The molecule has 0 aromatic carbocycles. The molecule has 1 aliphatic rings. The lowest BCUT2D eigenvalue weighted by molar-refractivity contribution is -0.298. The molecular weight excluding hydrogens is 264 g/mol. The Kier molecular flexibility index (Phi) is 4.71. The summed E-state index contributed by atoms with van der Waals surface area (Å²) in [5.41, 5.74) is 0.517. The molecule has 0 spiro atoms. The minimum Gasteiger partial charge on any atom is -0.289 e. The highest BCUT2D eigenvalue weighted by Gasteiger charge is 2.46. The second-order valence-corrected chi connectivity index (χ2v) is 7.86. The monoisotopic (exact) mass is 292 g/mol. The van der Waals surface area contributed by atoms with Crippen LogP contribution in [0.15, 0.2) is 35.5 Å². The van der Waals surface area contributed by atoms with Gasteiger partial charge in [0.05, 0.1) is 0 Å². The molecule has 0 bridgehead atoms. The van der Waals surface area contributed by atoms with E-state index in [0.29, 0.717) is 17.6 Å². The van der Waals surface area contributed by atoms with E-state index in [1.807, 2.05) is 48.5 Å². The van der Waals surface area contributed by atoms with Gasteiger partial charge in [0.2, 0.25) is 0 Å². The zero-order chi connectivity index (χ0) is 16.6. The Hall–Kier alpha value is -1.19. The minimum atomic E-state index is -1.01. The lowest BCUT2D eigenvalue weighted by atomic mass is 9.65. The first-order chi connectivity index (χ1) is 9.40. The van der Waals surface area contributed by atoms with E-state index < -0.39 is 5.60 Å². The third-order valence-electron chi connectivity index (χ3n) is 3.93. The molecule has 0 saturated carbocycles. The molecule has 1 N–H and O–H groups in total. The summed E-state index contributed by atoms with van der Waals surface area (Å²) in [5.74, 6) is 0.0316. The Balaban J connectivity index is 3.68. The molecule has 118 valence electrons. The molecule has 1 rings (SSSR count). The molecule has 0 fully saturated rings. The number of carbonyl (C=O) groups is 1. The fourth-order valence-electron chi connectivity index (χ4n) is 3.24. The van der Waals surface area contributed by atoms with Crippen molar-refractivity contribution in [2.24, 2.45) is 10.8 Å². The number of allylic oxidation sites excluding steroid dienone is 2. The molecule has 0 radical (unpaired) electrons. The molecule has 1 aliphatic carbocycles. The summed E-state index contributed by atoms with van der Waals surface area (Å²) in [5, 5.41) is 9.66. The van der Waals surface area contributed by atoms with Crippen molar-refractivity contribution in [3.8, 4) is 0 Å². The third kappa shape index (κ3) is 3.19. The summed E-state index contributed by atoms with van der Waals surface area (Å²) < 4.78 is 0. The number of ketones is 1. The predicted molar refractivity (Wildman–Crippen MR) is 86.0 cm³/mol. The molecule has 21 heavy (non-hydrogen) atoms. The van der Waals surface area contributed by atoms with Gasteiger partial charge in [-0.05, 0) is 35.0 Å². The van der Waals surface area contributed by atoms with E-state index in [0.717, 1.165) is 5.57 Å². The summed E-state index contributed by atoms with van der Waals surface area (Å²) in [6.45, 7) is 17.6. The van der Waals surface area contributed by atoms with Crippen molar-refractivity contribution in [2.45, 2.75) is 60.5 Å². The van der Waals surface area contributed by atoms with Crippen LogP contribution in [0.1, 0.15) is 54.9 Å². The van der Waals surface area contributed by atoms with Gasteiger partial charge in [-0.3, -0.25) is 10.1 Å². The van der Waals surface area contributed by atoms with Crippen LogP contribution in [0.25, 0.3) is 0 Å². The number of hydrogen-bond acceptors (Lipinski definition) is 3. The summed E-state index contributed by atoms with van der Waals surface area (Å²) in [4.78, 5) is 17.7. The predicted octanol–water partition coefficient (Wildman–Crippen LogP) is 4.71. The van der Waals surface area contributed by atoms with Gasteiger partial charge in [-0.2, -0.15) is 0 Å². The molecule has 1 atom stereocenters. The molecule has 0 aromatic heterocycles. The van der Waals surface area contributed by atoms with Crippen LogP contribution in [0, 0.1) is 10.8 Å². The number of Topliss-reactive ketones (excluding diaryl/α,β-unsaturated/α-hetero) is 1. The van der Waals surface area contributed by atoms with E-state index in [9.17, 15) is 10.1 Å². The zero-order valence-electron chi connectivity index (χ0n) is 14.3. The average molecular weight is 292 g/mol. The van der Waals surface area contributed by atoms with E-state index in [1.54, 1.807) is 12.2 Å². The van der Waals surface area contributed by atoms with Gasteiger partial charge >= 0.3 is 0 Å². The molecule has 0 aliphatic heterocycles. The molecule has 1 unspecified atom stereocenters. The fraction of sp³-hybridized carbons (Fsp3) is 0.611. The first-order valence-electron chi connectivity index (χ1n) is 7.34. The first-order valence-corrected chi connectivity index (χ1v) is 7.34. The Morgan fingerprint density at radius 2 is 1.76 bits per heavy atom. The molecule has 3 heteroatoms. The van der Waals surface area contributed by atoms with E-state index in [2.05, 4.69) is 6.58 Å². The Bertz CT molecular complexity index is 510. The topological polar surface area (TPSA) is 46.5 Å². The van der Waals surface area contributed by atoms with Gasteiger partial charge in [0.1, 0.15) is 5.60 Å². The van der Waals surface area contributed by atoms with Crippen LogP contribution < -0.4 is 0 Å². The average Bonchev–Trinajstić information content (AvgIpc) is 2.30. The van der Waals surface area contributed by atoms with Crippen LogP contribution in [-0.2, 0) is 9.68 Å².